The Hall–Kier alpha value is -0.370. The number of carbonyl (C=O) groups excluding carboxylic acids is 1. The van der Waals surface area contributed by atoms with E-state index in [1.54, 1.807) is 0 Å². The van der Waals surface area contributed by atoms with Crippen molar-refractivity contribution in [2.24, 2.45) is 5.41 Å². The molecule has 2 nitrogen and oxygen atoms in total. The lowest BCUT2D eigenvalue weighted by Crippen LogP contribution is -2.36. The van der Waals surface area contributed by atoms with Gasteiger partial charge in [0.15, 0.2) is 5.78 Å². The first-order valence-electron chi connectivity index (χ1n) is 4.68. The quantitative estimate of drug-likeness (QED) is 0.603. The van der Waals surface area contributed by atoms with Crippen molar-refractivity contribution in [3.63, 3.8) is 0 Å². The van der Waals surface area contributed by atoms with E-state index < -0.39 is 0 Å². The van der Waals surface area contributed by atoms with E-state index in [0.717, 1.165) is 25.9 Å². The van der Waals surface area contributed by atoms with Gasteiger partial charge in [0.05, 0.1) is 0 Å². The van der Waals surface area contributed by atoms with Crippen LogP contribution in [0.4, 0.5) is 0 Å². The molecule has 0 aromatic rings. The summed E-state index contributed by atoms with van der Waals surface area (Å²) in [6.45, 7) is 6.61. The number of hydrogen-bond acceptors (Lipinski definition) is 2. The summed E-state index contributed by atoms with van der Waals surface area (Å²) in [6, 6.07) is 0. The Labute approximate surface area is 74.3 Å². The van der Waals surface area contributed by atoms with Crippen molar-refractivity contribution in [1.29, 1.82) is 0 Å². The number of ether oxygens (including phenoxy) is 1. The van der Waals surface area contributed by atoms with Gasteiger partial charge in [0.2, 0.25) is 0 Å². The molecule has 70 valence electrons. The van der Waals surface area contributed by atoms with E-state index in [-0.39, 0.29) is 17.3 Å². The second-order valence-electron chi connectivity index (χ2n) is 4.47. The summed E-state index contributed by atoms with van der Waals surface area (Å²) in [5.74, 6) is 0.252. The van der Waals surface area contributed by atoms with Crippen molar-refractivity contribution in [3.05, 3.63) is 0 Å². The van der Waals surface area contributed by atoms with Gasteiger partial charge in [-0.3, -0.25) is 4.79 Å². The van der Waals surface area contributed by atoms with Crippen LogP contribution in [0.15, 0.2) is 0 Å². The topological polar surface area (TPSA) is 26.3 Å². The van der Waals surface area contributed by atoms with Gasteiger partial charge >= 0.3 is 0 Å². The lowest BCUT2D eigenvalue weighted by atomic mass is 9.85. The second kappa shape index (κ2) is 3.56. The number of carbonyl (C=O) groups is 1. The van der Waals surface area contributed by atoms with Crippen LogP contribution in [-0.2, 0) is 9.53 Å². The molecule has 1 atom stereocenters. The molecule has 0 spiro atoms. The number of ketones is 1. The summed E-state index contributed by atoms with van der Waals surface area (Å²) >= 11 is 0. The minimum atomic E-state index is -0.248. The Morgan fingerprint density at radius 3 is 2.42 bits per heavy atom. The van der Waals surface area contributed by atoms with Gasteiger partial charge in [0, 0.05) is 12.0 Å². The monoisotopic (exact) mass is 170 g/mol. The van der Waals surface area contributed by atoms with Crippen molar-refractivity contribution in [2.75, 3.05) is 6.61 Å². The fourth-order valence-corrected chi connectivity index (χ4v) is 1.43. The molecular weight excluding hydrogens is 152 g/mol. The molecule has 0 aromatic heterocycles. The molecule has 1 fully saturated rings. The van der Waals surface area contributed by atoms with Crippen molar-refractivity contribution >= 4 is 5.78 Å². The molecule has 1 heterocycles. The maximum Gasteiger partial charge on any atom is 0.166 e. The molecule has 12 heavy (non-hydrogen) atoms. The van der Waals surface area contributed by atoms with E-state index >= 15 is 0 Å². The minimum absolute atomic E-state index is 0.126. The third kappa shape index (κ3) is 2.31. The van der Waals surface area contributed by atoms with Gasteiger partial charge in [-0.1, -0.05) is 20.8 Å². The molecule has 0 aromatic carbocycles. The molecule has 0 radical (unpaired) electrons. The van der Waals surface area contributed by atoms with Gasteiger partial charge < -0.3 is 4.74 Å². The van der Waals surface area contributed by atoms with Crippen LogP contribution in [0.25, 0.3) is 0 Å². The van der Waals surface area contributed by atoms with Crippen LogP contribution in [0.3, 0.4) is 0 Å². The fourth-order valence-electron chi connectivity index (χ4n) is 1.43. The summed E-state index contributed by atoms with van der Waals surface area (Å²) in [5.41, 5.74) is -0.248. The highest BCUT2D eigenvalue weighted by molar-refractivity contribution is 5.87. The average molecular weight is 170 g/mol. The first-order valence-corrected chi connectivity index (χ1v) is 4.68. The fraction of sp³-hybridized carbons (Fsp3) is 0.900. The smallest absolute Gasteiger partial charge is 0.166 e. The number of Topliss-reactive ketones (excluding diaryl/α,β-unsaturated/α-hetero) is 1. The highest BCUT2D eigenvalue weighted by atomic mass is 16.5. The van der Waals surface area contributed by atoms with Crippen LogP contribution < -0.4 is 0 Å². The molecule has 0 unspecified atom stereocenters. The van der Waals surface area contributed by atoms with E-state index in [2.05, 4.69) is 0 Å². The van der Waals surface area contributed by atoms with Crippen LogP contribution in [0.1, 0.15) is 40.0 Å². The molecule has 1 aliphatic heterocycles. The normalized spacial score (nSPS) is 25.4. The molecular formula is C10H18O2. The third-order valence-corrected chi connectivity index (χ3v) is 2.21. The van der Waals surface area contributed by atoms with E-state index in [4.69, 9.17) is 4.74 Å². The number of rotatable bonds is 1. The summed E-state index contributed by atoms with van der Waals surface area (Å²) < 4.78 is 5.42. The third-order valence-electron chi connectivity index (χ3n) is 2.21. The first-order chi connectivity index (χ1) is 5.52. The SMILES string of the molecule is CC(C)(C)C(=O)[C@H]1CCCCO1. The summed E-state index contributed by atoms with van der Waals surface area (Å²) in [4.78, 5) is 11.7. The zero-order valence-electron chi connectivity index (χ0n) is 8.22. The Kier molecular flexibility index (Phi) is 2.89. The van der Waals surface area contributed by atoms with Crippen molar-refractivity contribution in [1.82, 2.24) is 0 Å². The highest BCUT2D eigenvalue weighted by Gasteiger charge is 2.31. The van der Waals surface area contributed by atoms with Crippen LogP contribution >= 0.6 is 0 Å². The van der Waals surface area contributed by atoms with Gasteiger partial charge in [-0.25, -0.2) is 0 Å². The molecule has 0 aliphatic carbocycles. The van der Waals surface area contributed by atoms with E-state index in [9.17, 15) is 4.79 Å². The van der Waals surface area contributed by atoms with Gasteiger partial charge in [0.1, 0.15) is 6.10 Å². The second-order valence-corrected chi connectivity index (χ2v) is 4.47. The highest BCUT2D eigenvalue weighted by Crippen LogP contribution is 2.23. The first kappa shape index (κ1) is 9.72. The lowest BCUT2D eigenvalue weighted by Gasteiger charge is -2.27. The maximum absolute atomic E-state index is 11.7. The molecule has 0 N–H and O–H groups in total. The average Bonchev–Trinajstić information content (AvgIpc) is 2.03. The minimum Gasteiger partial charge on any atom is -0.370 e. The van der Waals surface area contributed by atoms with Crippen molar-refractivity contribution in [3.8, 4) is 0 Å². The van der Waals surface area contributed by atoms with Crippen molar-refractivity contribution in [2.45, 2.75) is 46.1 Å². The van der Waals surface area contributed by atoms with Crippen molar-refractivity contribution < 1.29 is 9.53 Å². The predicted molar refractivity (Wildman–Crippen MR) is 48.1 cm³/mol. The summed E-state index contributed by atoms with van der Waals surface area (Å²) in [5, 5.41) is 0. The zero-order chi connectivity index (χ0) is 9.19. The molecule has 1 saturated heterocycles. The molecule has 1 rings (SSSR count). The van der Waals surface area contributed by atoms with E-state index in [0.29, 0.717) is 0 Å². The Balaban J connectivity index is 2.51. The largest absolute Gasteiger partial charge is 0.370 e. The summed E-state index contributed by atoms with van der Waals surface area (Å²) in [6.07, 6.45) is 3.02. The van der Waals surface area contributed by atoms with Crippen LogP contribution in [-0.4, -0.2) is 18.5 Å². The Morgan fingerprint density at radius 2 is 2.00 bits per heavy atom. The molecule has 0 saturated carbocycles. The maximum atomic E-state index is 11.7. The standard InChI is InChI=1S/C10H18O2/c1-10(2,3)9(11)8-6-4-5-7-12-8/h8H,4-7H2,1-3H3/t8-/m1/s1. The van der Waals surface area contributed by atoms with Gasteiger partial charge in [-0.2, -0.15) is 0 Å². The van der Waals surface area contributed by atoms with Crippen LogP contribution in [0.5, 0.6) is 0 Å². The van der Waals surface area contributed by atoms with Crippen LogP contribution in [0.2, 0.25) is 0 Å². The molecule has 0 bridgehead atoms. The zero-order valence-corrected chi connectivity index (χ0v) is 8.22. The molecule has 2 heteroatoms. The van der Waals surface area contributed by atoms with E-state index in [1.807, 2.05) is 20.8 Å². The Bertz CT molecular complexity index is 161. The van der Waals surface area contributed by atoms with Gasteiger partial charge in [-0.05, 0) is 19.3 Å². The summed E-state index contributed by atoms with van der Waals surface area (Å²) in [7, 11) is 0. The van der Waals surface area contributed by atoms with E-state index in [1.165, 1.54) is 0 Å². The Morgan fingerprint density at radius 1 is 1.33 bits per heavy atom. The molecule has 0 amide bonds. The lowest BCUT2D eigenvalue weighted by molar-refractivity contribution is -0.141. The van der Waals surface area contributed by atoms with Gasteiger partial charge in [0.25, 0.3) is 0 Å². The molecule has 1 aliphatic rings. The predicted octanol–water partition coefficient (Wildman–Crippen LogP) is 2.17. The van der Waals surface area contributed by atoms with Gasteiger partial charge in [-0.15, -0.1) is 0 Å². The number of hydrogen-bond donors (Lipinski definition) is 0. The van der Waals surface area contributed by atoms with Crippen LogP contribution in [0, 0.1) is 5.41 Å².